The van der Waals surface area contributed by atoms with Crippen LogP contribution in [0.4, 0.5) is 0 Å². The molecule has 0 amide bonds. The summed E-state index contributed by atoms with van der Waals surface area (Å²) in [6, 6.07) is 15.5. The molecule has 0 bridgehead atoms. The molecule has 0 aliphatic carbocycles. The van der Waals surface area contributed by atoms with Crippen LogP contribution in [-0.4, -0.2) is 25.8 Å². The number of aromatic nitrogens is 3. The second-order valence-corrected chi connectivity index (χ2v) is 4.48. The fourth-order valence-corrected chi connectivity index (χ4v) is 2.11. The Hall–Kier alpha value is -3.46. The average Bonchev–Trinajstić information content (AvgIpc) is 3.01. The van der Waals surface area contributed by atoms with E-state index in [2.05, 4.69) is 10.1 Å². The molecule has 0 fully saturated rings. The smallest absolute Gasteiger partial charge is 0.354 e. The van der Waals surface area contributed by atoms with Crippen LogP contribution < -0.4 is 0 Å². The summed E-state index contributed by atoms with van der Waals surface area (Å²) >= 11 is 0. The Bertz CT molecular complexity index is 879. The standard InChI is InChI=1S/C16H10N4O2/c17-10-11-5-1-2-7-14(11)20-15(16(21)22)9-13(19-20)12-6-3-4-8-18-12/h1-9H,(H,21,22). The maximum absolute atomic E-state index is 11.5. The van der Waals surface area contributed by atoms with E-state index in [1.165, 1.54) is 10.7 Å². The maximum atomic E-state index is 11.5. The highest BCUT2D eigenvalue weighted by Gasteiger charge is 2.18. The van der Waals surface area contributed by atoms with Gasteiger partial charge in [0.1, 0.15) is 11.8 Å². The van der Waals surface area contributed by atoms with E-state index in [0.29, 0.717) is 22.6 Å². The van der Waals surface area contributed by atoms with Crippen molar-refractivity contribution in [1.82, 2.24) is 14.8 Å². The molecule has 2 heterocycles. The Morgan fingerprint density at radius 3 is 2.59 bits per heavy atom. The van der Waals surface area contributed by atoms with Gasteiger partial charge in [0.15, 0.2) is 5.69 Å². The van der Waals surface area contributed by atoms with Crippen LogP contribution in [0.2, 0.25) is 0 Å². The second-order valence-electron chi connectivity index (χ2n) is 4.48. The molecule has 0 radical (unpaired) electrons. The van der Waals surface area contributed by atoms with Crippen LogP contribution in [0.1, 0.15) is 16.1 Å². The molecule has 1 N–H and O–H groups in total. The predicted octanol–water partition coefficient (Wildman–Crippen LogP) is 2.50. The molecule has 0 atom stereocenters. The molecule has 22 heavy (non-hydrogen) atoms. The van der Waals surface area contributed by atoms with Crippen molar-refractivity contribution in [2.45, 2.75) is 0 Å². The highest BCUT2D eigenvalue weighted by molar-refractivity contribution is 5.88. The number of hydrogen-bond acceptors (Lipinski definition) is 4. The maximum Gasteiger partial charge on any atom is 0.354 e. The zero-order valence-corrected chi connectivity index (χ0v) is 11.3. The van der Waals surface area contributed by atoms with Crippen LogP contribution in [0.3, 0.4) is 0 Å². The van der Waals surface area contributed by atoms with Gasteiger partial charge in [0.05, 0.1) is 16.9 Å². The lowest BCUT2D eigenvalue weighted by atomic mass is 10.2. The lowest BCUT2D eigenvalue weighted by molar-refractivity contribution is 0.0687. The van der Waals surface area contributed by atoms with Crippen molar-refractivity contribution < 1.29 is 9.90 Å². The average molecular weight is 290 g/mol. The van der Waals surface area contributed by atoms with Crippen LogP contribution in [-0.2, 0) is 0 Å². The molecule has 0 spiro atoms. The number of nitriles is 1. The van der Waals surface area contributed by atoms with Gasteiger partial charge in [0.2, 0.25) is 0 Å². The lowest BCUT2D eigenvalue weighted by Crippen LogP contribution is -2.09. The molecule has 0 aliphatic rings. The fraction of sp³-hybridized carbons (Fsp3) is 0. The highest BCUT2D eigenvalue weighted by Crippen LogP contribution is 2.21. The van der Waals surface area contributed by atoms with Gasteiger partial charge >= 0.3 is 5.97 Å². The number of carboxylic acid groups (broad SMARTS) is 1. The molecule has 2 aromatic heterocycles. The first-order chi connectivity index (χ1) is 10.7. The highest BCUT2D eigenvalue weighted by atomic mass is 16.4. The Labute approximate surface area is 125 Å². The molecule has 106 valence electrons. The first-order valence-electron chi connectivity index (χ1n) is 6.45. The zero-order valence-electron chi connectivity index (χ0n) is 11.3. The lowest BCUT2D eigenvalue weighted by Gasteiger charge is -2.05. The number of hydrogen-bond donors (Lipinski definition) is 1. The Morgan fingerprint density at radius 2 is 1.91 bits per heavy atom. The van der Waals surface area contributed by atoms with Crippen LogP contribution in [0.15, 0.2) is 54.7 Å². The number of rotatable bonds is 3. The van der Waals surface area contributed by atoms with Gasteiger partial charge < -0.3 is 5.11 Å². The monoisotopic (exact) mass is 290 g/mol. The first-order valence-corrected chi connectivity index (χ1v) is 6.45. The van der Waals surface area contributed by atoms with Crippen molar-refractivity contribution in [2.75, 3.05) is 0 Å². The molecule has 0 saturated carbocycles. The number of para-hydroxylation sites is 1. The summed E-state index contributed by atoms with van der Waals surface area (Å²) in [5.74, 6) is -1.12. The number of carbonyl (C=O) groups is 1. The summed E-state index contributed by atoms with van der Waals surface area (Å²) in [4.78, 5) is 15.6. The normalized spacial score (nSPS) is 10.1. The van der Waals surface area contributed by atoms with E-state index < -0.39 is 5.97 Å². The zero-order chi connectivity index (χ0) is 15.5. The summed E-state index contributed by atoms with van der Waals surface area (Å²) in [6.45, 7) is 0. The minimum Gasteiger partial charge on any atom is -0.477 e. The van der Waals surface area contributed by atoms with Crippen molar-refractivity contribution in [3.05, 3.63) is 66.0 Å². The van der Waals surface area contributed by atoms with Crippen molar-refractivity contribution in [1.29, 1.82) is 5.26 Å². The Morgan fingerprint density at radius 1 is 1.14 bits per heavy atom. The van der Waals surface area contributed by atoms with E-state index >= 15 is 0 Å². The summed E-state index contributed by atoms with van der Waals surface area (Å²) in [5, 5.41) is 22.9. The molecule has 3 aromatic rings. The van der Waals surface area contributed by atoms with E-state index in [-0.39, 0.29) is 5.69 Å². The summed E-state index contributed by atoms with van der Waals surface area (Å²) in [5.41, 5.74) is 1.75. The number of nitrogens with zero attached hydrogens (tertiary/aromatic N) is 4. The Kier molecular flexibility index (Phi) is 3.38. The largest absolute Gasteiger partial charge is 0.477 e. The van der Waals surface area contributed by atoms with Gasteiger partial charge in [-0.3, -0.25) is 4.98 Å². The van der Waals surface area contributed by atoms with Crippen molar-refractivity contribution >= 4 is 5.97 Å². The molecule has 6 heteroatoms. The molecule has 0 saturated heterocycles. The van der Waals surface area contributed by atoms with Crippen molar-refractivity contribution in [2.24, 2.45) is 0 Å². The van der Waals surface area contributed by atoms with Gasteiger partial charge in [-0.05, 0) is 24.3 Å². The van der Waals surface area contributed by atoms with Gasteiger partial charge in [-0.25, -0.2) is 9.48 Å². The molecule has 3 rings (SSSR count). The topological polar surface area (TPSA) is 91.8 Å². The van der Waals surface area contributed by atoms with Crippen LogP contribution in [0.5, 0.6) is 0 Å². The summed E-state index contributed by atoms with van der Waals surface area (Å²) in [7, 11) is 0. The third-order valence-corrected chi connectivity index (χ3v) is 3.11. The first kappa shape index (κ1) is 13.5. The number of benzene rings is 1. The second kappa shape index (κ2) is 5.50. The summed E-state index contributed by atoms with van der Waals surface area (Å²) in [6.07, 6.45) is 1.61. The molecular formula is C16H10N4O2. The SMILES string of the molecule is N#Cc1ccccc1-n1nc(-c2ccccn2)cc1C(=O)O. The van der Waals surface area contributed by atoms with E-state index in [9.17, 15) is 15.2 Å². The van der Waals surface area contributed by atoms with Crippen molar-refractivity contribution in [3.8, 4) is 23.1 Å². The van der Waals surface area contributed by atoms with E-state index in [1.807, 2.05) is 6.07 Å². The molecule has 0 aliphatic heterocycles. The van der Waals surface area contributed by atoms with E-state index in [4.69, 9.17) is 0 Å². The van der Waals surface area contributed by atoms with Gasteiger partial charge in [0, 0.05) is 12.3 Å². The third kappa shape index (κ3) is 2.31. The molecular weight excluding hydrogens is 280 g/mol. The van der Waals surface area contributed by atoms with Gasteiger partial charge in [-0.1, -0.05) is 18.2 Å². The van der Waals surface area contributed by atoms with Gasteiger partial charge in [-0.15, -0.1) is 0 Å². The predicted molar refractivity (Wildman–Crippen MR) is 78.5 cm³/mol. The quantitative estimate of drug-likeness (QED) is 0.800. The van der Waals surface area contributed by atoms with Crippen LogP contribution in [0, 0.1) is 11.3 Å². The van der Waals surface area contributed by atoms with Crippen molar-refractivity contribution in [3.63, 3.8) is 0 Å². The minimum atomic E-state index is -1.12. The minimum absolute atomic E-state index is 0.0247. The number of carboxylic acids is 1. The summed E-state index contributed by atoms with van der Waals surface area (Å²) < 4.78 is 1.25. The molecule has 6 nitrogen and oxygen atoms in total. The van der Waals surface area contributed by atoms with Crippen LogP contribution >= 0.6 is 0 Å². The number of aromatic carboxylic acids is 1. The van der Waals surface area contributed by atoms with Gasteiger partial charge in [0.25, 0.3) is 0 Å². The van der Waals surface area contributed by atoms with E-state index in [1.54, 1.807) is 48.7 Å². The van der Waals surface area contributed by atoms with E-state index in [0.717, 1.165) is 0 Å². The van der Waals surface area contributed by atoms with Crippen LogP contribution in [0.25, 0.3) is 17.1 Å². The molecule has 0 unspecified atom stereocenters. The molecule has 1 aromatic carbocycles. The van der Waals surface area contributed by atoms with Gasteiger partial charge in [-0.2, -0.15) is 10.4 Å². The fourth-order valence-electron chi connectivity index (χ4n) is 2.11. The Balaban J connectivity index is 2.22. The number of pyridine rings is 1. The third-order valence-electron chi connectivity index (χ3n) is 3.11.